The number of anilines is 1. The van der Waals surface area contributed by atoms with Crippen LogP contribution in [0.1, 0.15) is 36.8 Å². The van der Waals surface area contributed by atoms with Crippen molar-refractivity contribution in [3.05, 3.63) is 76.1 Å². The number of pyridine rings is 1. The van der Waals surface area contributed by atoms with E-state index in [1.165, 1.54) is 38.1 Å². The number of fused-ring (bicyclic) bond motifs is 1. The molecule has 0 bridgehead atoms. The van der Waals surface area contributed by atoms with Crippen LogP contribution in [-0.4, -0.2) is 51.6 Å². The number of carbonyl (C=O) groups is 1. The zero-order valence-corrected chi connectivity index (χ0v) is 25.4. The molecular weight excluding hydrogens is 645 g/mol. The van der Waals surface area contributed by atoms with Crippen LogP contribution in [0, 0.1) is 23.5 Å². The Balaban J connectivity index is 2.04. The number of nitrogens with zero attached hydrogens (tertiary/aromatic N) is 3. The summed E-state index contributed by atoms with van der Waals surface area (Å²) in [5, 5.41) is 15.8. The molecule has 4 aromatic rings. The molecule has 0 radical (unpaired) electrons. The summed E-state index contributed by atoms with van der Waals surface area (Å²) in [6.45, 7) is 1.20. The van der Waals surface area contributed by atoms with Gasteiger partial charge in [0.25, 0.3) is 0 Å². The monoisotopic (exact) mass is 669 g/mol. The minimum Gasteiger partial charge on any atom is -0.465 e. The average molecular weight is 670 g/mol. The Labute approximate surface area is 259 Å². The molecular formula is C29H25ClF5N5O4S. The molecule has 4 rings (SSSR count). The van der Waals surface area contributed by atoms with Gasteiger partial charge in [-0.1, -0.05) is 23.6 Å². The number of nitrogens with two attached hydrogens (primary N) is 1. The van der Waals surface area contributed by atoms with Gasteiger partial charge in [-0.05, 0) is 62.1 Å². The number of sulfone groups is 1. The van der Waals surface area contributed by atoms with Crippen molar-refractivity contribution < 1.29 is 40.3 Å². The van der Waals surface area contributed by atoms with E-state index >= 15 is 0 Å². The van der Waals surface area contributed by atoms with Crippen LogP contribution >= 0.6 is 11.6 Å². The van der Waals surface area contributed by atoms with Gasteiger partial charge in [-0.15, -0.1) is 0 Å². The maximum absolute atomic E-state index is 14.1. The predicted octanol–water partition coefficient (Wildman–Crippen LogP) is 5.90. The van der Waals surface area contributed by atoms with Crippen molar-refractivity contribution in [2.75, 3.05) is 12.0 Å². The van der Waals surface area contributed by atoms with E-state index in [9.17, 15) is 40.3 Å². The first-order chi connectivity index (χ1) is 20.8. The molecule has 0 saturated carbocycles. The van der Waals surface area contributed by atoms with Crippen LogP contribution in [0.5, 0.6) is 0 Å². The van der Waals surface area contributed by atoms with Crippen LogP contribution in [0.4, 0.5) is 32.6 Å². The molecule has 0 unspecified atom stereocenters. The zero-order chi connectivity index (χ0) is 33.5. The second kappa shape index (κ2) is 12.2. The van der Waals surface area contributed by atoms with Crippen molar-refractivity contribution in [3.63, 3.8) is 0 Å². The number of aromatic nitrogens is 3. The summed E-state index contributed by atoms with van der Waals surface area (Å²) in [7, 11) is -3.65. The fraction of sp³-hybridized carbons (Fsp3) is 0.276. The molecule has 4 N–H and O–H groups in total. The lowest BCUT2D eigenvalue weighted by atomic mass is 9.94. The lowest BCUT2D eigenvalue weighted by molar-refractivity contribution is -0.141. The van der Waals surface area contributed by atoms with Crippen molar-refractivity contribution in [2.45, 2.75) is 43.8 Å². The molecule has 2 aromatic carbocycles. The Morgan fingerprint density at radius 3 is 2.31 bits per heavy atom. The molecule has 1 amide bonds. The van der Waals surface area contributed by atoms with Crippen molar-refractivity contribution in [1.82, 2.24) is 20.1 Å². The van der Waals surface area contributed by atoms with Gasteiger partial charge in [0, 0.05) is 23.4 Å². The van der Waals surface area contributed by atoms with Crippen LogP contribution in [0.2, 0.25) is 5.02 Å². The third kappa shape index (κ3) is 7.63. The molecule has 0 aliphatic carbocycles. The molecule has 2 aromatic heterocycles. The summed E-state index contributed by atoms with van der Waals surface area (Å²) < 4.78 is 92.3. The summed E-state index contributed by atoms with van der Waals surface area (Å²) in [4.78, 5) is 16.4. The first-order valence-corrected chi connectivity index (χ1v) is 15.2. The van der Waals surface area contributed by atoms with E-state index in [1.807, 2.05) is 0 Å². The molecule has 9 nitrogen and oxygen atoms in total. The molecule has 2 heterocycles. The topological polar surface area (TPSA) is 140 Å². The number of nitrogen functional groups attached to an aromatic ring is 1. The van der Waals surface area contributed by atoms with Crippen LogP contribution in [-0.2, 0) is 22.8 Å². The fourth-order valence-electron chi connectivity index (χ4n) is 4.48. The maximum atomic E-state index is 14.1. The van der Waals surface area contributed by atoms with Gasteiger partial charge in [0.15, 0.2) is 15.7 Å². The van der Waals surface area contributed by atoms with Gasteiger partial charge in [0.2, 0.25) is 0 Å². The number of hydrogen-bond donors (Lipinski definition) is 3. The largest absolute Gasteiger partial charge is 0.465 e. The normalized spacial score (nSPS) is 12.9. The summed E-state index contributed by atoms with van der Waals surface area (Å²) in [6, 6.07) is 6.74. The number of nitrogens with one attached hydrogen (secondary N) is 1. The third-order valence-electron chi connectivity index (χ3n) is 6.82. The van der Waals surface area contributed by atoms with E-state index in [0.717, 1.165) is 18.4 Å². The summed E-state index contributed by atoms with van der Waals surface area (Å²) in [5.74, 6) is 3.11. The standard InChI is InChI=1S/C29H25ClF5N5O4S/c1-28(2,45(3,43)44)9-8-18-4-5-19(20-6-7-21(30)23-25(20)40(39-26(23)36)14-29(33,34)35)24(37-18)22(38-27(41)42)12-15-10-16(31)13-17(32)11-15/h4-7,10-11,13,22,38H,12,14H2,1-3H3,(H2,36,39)(H,41,42)/t22-/m0/s1. The lowest BCUT2D eigenvalue weighted by Crippen LogP contribution is -2.30. The van der Waals surface area contributed by atoms with E-state index in [1.54, 1.807) is 0 Å². The molecule has 16 heteroatoms. The number of alkyl halides is 3. The van der Waals surface area contributed by atoms with Gasteiger partial charge in [0.1, 0.15) is 28.6 Å². The van der Waals surface area contributed by atoms with E-state index in [2.05, 4.69) is 27.2 Å². The van der Waals surface area contributed by atoms with E-state index in [-0.39, 0.29) is 56.2 Å². The number of benzene rings is 2. The molecule has 0 spiro atoms. The second-order valence-corrected chi connectivity index (χ2v) is 13.6. The SMILES string of the molecule is CC(C)(C#Cc1ccc(-c2ccc(Cl)c3c(N)nn(CC(F)(F)F)c23)c([C@H](Cc2cc(F)cc(F)c2)NC(=O)O)n1)S(C)(=O)=O. The van der Waals surface area contributed by atoms with Gasteiger partial charge in [0.05, 0.1) is 27.7 Å². The van der Waals surface area contributed by atoms with Gasteiger partial charge < -0.3 is 16.2 Å². The number of rotatable bonds is 7. The van der Waals surface area contributed by atoms with Crippen molar-refractivity contribution in [3.8, 4) is 23.0 Å². The van der Waals surface area contributed by atoms with Crippen LogP contribution in [0.25, 0.3) is 22.0 Å². The molecule has 45 heavy (non-hydrogen) atoms. The minimum atomic E-state index is -4.72. The van der Waals surface area contributed by atoms with E-state index < -0.39 is 51.1 Å². The highest BCUT2D eigenvalue weighted by molar-refractivity contribution is 7.92. The average Bonchev–Trinajstić information content (AvgIpc) is 3.21. The Hall–Kier alpha value is -4.42. The Kier molecular flexibility index (Phi) is 9.05. The highest BCUT2D eigenvalue weighted by Gasteiger charge is 2.32. The molecule has 0 saturated heterocycles. The highest BCUT2D eigenvalue weighted by atomic mass is 35.5. The van der Waals surface area contributed by atoms with E-state index in [0.29, 0.717) is 10.7 Å². The lowest BCUT2D eigenvalue weighted by Gasteiger charge is -2.21. The molecule has 0 aliphatic heterocycles. The third-order valence-corrected chi connectivity index (χ3v) is 9.09. The van der Waals surface area contributed by atoms with Gasteiger partial charge in [-0.3, -0.25) is 4.68 Å². The number of hydrogen-bond acceptors (Lipinski definition) is 6. The fourth-order valence-corrected chi connectivity index (χ4v) is 4.97. The quantitative estimate of drug-likeness (QED) is 0.164. The smallest absolute Gasteiger partial charge is 0.408 e. The highest BCUT2D eigenvalue weighted by Crippen LogP contribution is 2.40. The number of amides is 1. The van der Waals surface area contributed by atoms with Crippen molar-refractivity contribution in [2.24, 2.45) is 0 Å². The Bertz CT molecular complexity index is 1960. The molecule has 0 fully saturated rings. The minimum absolute atomic E-state index is 0.00178. The maximum Gasteiger partial charge on any atom is 0.408 e. The summed E-state index contributed by atoms with van der Waals surface area (Å²) in [5.41, 5.74) is 5.87. The zero-order valence-electron chi connectivity index (χ0n) is 23.8. The van der Waals surface area contributed by atoms with Crippen LogP contribution < -0.4 is 11.1 Å². The summed E-state index contributed by atoms with van der Waals surface area (Å²) >= 11 is 6.30. The second-order valence-electron chi connectivity index (χ2n) is 10.6. The first kappa shape index (κ1) is 33.5. The predicted molar refractivity (Wildman–Crippen MR) is 158 cm³/mol. The Morgan fingerprint density at radius 1 is 1.11 bits per heavy atom. The number of halogens is 6. The van der Waals surface area contributed by atoms with Gasteiger partial charge >= 0.3 is 12.3 Å². The summed E-state index contributed by atoms with van der Waals surface area (Å²) in [6.07, 6.45) is -5.62. The number of carboxylic acid groups (broad SMARTS) is 1. The molecule has 1 atom stereocenters. The van der Waals surface area contributed by atoms with Gasteiger partial charge in [-0.25, -0.2) is 27.0 Å². The van der Waals surface area contributed by atoms with Gasteiger partial charge in [-0.2, -0.15) is 18.3 Å². The van der Waals surface area contributed by atoms with E-state index in [4.69, 9.17) is 17.3 Å². The van der Waals surface area contributed by atoms with Crippen LogP contribution in [0.15, 0.2) is 42.5 Å². The Morgan fingerprint density at radius 2 is 1.73 bits per heavy atom. The first-order valence-electron chi connectivity index (χ1n) is 13.0. The van der Waals surface area contributed by atoms with Crippen LogP contribution in [0.3, 0.4) is 0 Å². The van der Waals surface area contributed by atoms with Crippen molar-refractivity contribution in [1.29, 1.82) is 0 Å². The van der Waals surface area contributed by atoms with Crippen molar-refractivity contribution >= 4 is 44.3 Å². The molecule has 238 valence electrons. The molecule has 0 aliphatic rings.